The normalized spacial score (nSPS) is 10.5. The number of hydrogen-bond acceptors (Lipinski definition) is 4. The van der Waals surface area contributed by atoms with Crippen LogP contribution in [0.5, 0.6) is 5.75 Å². The van der Waals surface area contributed by atoms with Gasteiger partial charge in [-0.1, -0.05) is 23.7 Å². The van der Waals surface area contributed by atoms with Gasteiger partial charge in [-0.15, -0.1) is 0 Å². The molecule has 0 spiro atoms. The predicted molar refractivity (Wildman–Crippen MR) is 91.0 cm³/mol. The summed E-state index contributed by atoms with van der Waals surface area (Å²) in [7, 11) is 0. The maximum absolute atomic E-state index is 6.32. The Morgan fingerprint density at radius 3 is 2.32 bits per heavy atom. The smallest absolute Gasteiger partial charge is 0.138 e. The van der Waals surface area contributed by atoms with E-state index in [1.807, 2.05) is 19.1 Å². The Labute approximate surface area is 137 Å². The number of aromatic nitrogens is 2. The summed E-state index contributed by atoms with van der Waals surface area (Å²) in [5.74, 6) is 1.80. The number of halogens is 1. The molecule has 0 fully saturated rings. The van der Waals surface area contributed by atoms with Crippen LogP contribution in [0.1, 0.15) is 31.9 Å². The van der Waals surface area contributed by atoms with Crippen LogP contribution in [0.4, 0.5) is 5.82 Å². The minimum Gasteiger partial charge on any atom is -0.494 e. The van der Waals surface area contributed by atoms with E-state index in [-0.39, 0.29) is 0 Å². The Bertz CT molecular complexity index is 597. The summed E-state index contributed by atoms with van der Waals surface area (Å²) in [6.45, 7) is 8.65. The second kappa shape index (κ2) is 7.99. The maximum atomic E-state index is 6.32. The Hall–Kier alpha value is -1.81. The zero-order chi connectivity index (χ0) is 15.9. The van der Waals surface area contributed by atoms with E-state index in [0.29, 0.717) is 18.2 Å². The summed E-state index contributed by atoms with van der Waals surface area (Å²) in [6, 6.07) is 8.07. The Morgan fingerprint density at radius 1 is 1.05 bits per heavy atom. The van der Waals surface area contributed by atoms with Crippen LogP contribution in [-0.4, -0.2) is 29.7 Å². The van der Waals surface area contributed by atoms with Crippen molar-refractivity contribution in [3.05, 3.63) is 46.9 Å². The van der Waals surface area contributed by atoms with Crippen LogP contribution in [-0.2, 0) is 6.42 Å². The SMILES string of the molecule is CCOc1ccc(Cc2c(Cl)ncnc2N(CC)CC)cc1. The lowest BCUT2D eigenvalue weighted by molar-refractivity contribution is 0.340. The first-order valence-corrected chi connectivity index (χ1v) is 8.03. The average molecular weight is 320 g/mol. The van der Waals surface area contributed by atoms with Crippen LogP contribution in [0.2, 0.25) is 5.15 Å². The van der Waals surface area contributed by atoms with E-state index in [4.69, 9.17) is 16.3 Å². The fourth-order valence-electron chi connectivity index (χ4n) is 2.40. The molecule has 0 saturated carbocycles. The maximum Gasteiger partial charge on any atom is 0.138 e. The number of benzene rings is 1. The zero-order valence-electron chi connectivity index (χ0n) is 13.3. The topological polar surface area (TPSA) is 38.3 Å². The molecule has 118 valence electrons. The molecule has 1 heterocycles. The quantitative estimate of drug-likeness (QED) is 0.724. The van der Waals surface area contributed by atoms with Gasteiger partial charge in [0.2, 0.25) is 0 Å². The molecule has 0 bridgehead atoms. The van der Waals surface area contributed by atoms with Crippen LogP contribution < -0.4 is 9.64 Å². The van der Waals surface area contributed by atoms with Gasteiger partial charge in [0.05, 0.1) is 6.61 Å². The largest absolute Gasteiger partial charge is 0.494 e. The minimum absolute atomic E-state index is 0.519. The summed E-state index contributed by atoms with van der Waals surface area (Å²) in [5, 5.41) is 0.519. The zero-order valence-corrected chi connectivity index (χ0v) is 14.1. The van der Waals surface area contributed by atoms with E-state index < -0.39 is 0 Å². The van der Waals surface area contributed by atoms with E-state index in [1.165, 1.54) is 6.33 Å². The van der Waals surface area contributed by atoms with Gasteiger partial charge in [0.25, 0.3) is 0 Å². The molecule has 2 rings (SSSR count). The Morgan fingerprint density at radius 2 is 1.73 bits per heavy atom. The number of rotatable bonds is 7. The molecular weight excluding hydrogens is 298 g/mol. The van der Waals surface area contributed by atoms with E-state index in [1.54, 1.807) is 0 Å². The first-order chi connectivity index (χ1) is 10.7. The van der Waals surface area contributed by atoms with Crippen LogP contribution in [0, 0.1) is 0 Å². The third-order valence-electron chi connectivity index (χ3n) is 3.55. The van der Waals surface area contributed by atoms with Gasteiger partial charge >= 0.3 is 0 Å². The highest BCUT2D eigenvalue weighted by Crippen LogP contribution is 2.26. The van der Waals surface area contributed by atoms with Gasteiger partial charge in [-0.05, 0) is 38.5 Å². The summed E-state index contributed by atoms with van der Waals surface area (Å²) < 4.78 is 5.47. The van der Waals surface area contributed by atoms with E-state index in [2.05, 4.69) is 40.8 Å². The standard InChI is InChI=1S/C17H22ClN3O/c1-4-21(5-2)17-15(16(18)19-12-20-17)11-13-7-9-14(10-8-13)22-6-3/h7-10,12H,4-6,11H2,1-3H3. The monoisotopic (exact) mass is 319 g/mol. The molecule has 0 unspecified atom stereocenters. The first kappa shape index (κ1) is 16.6. The molecular formula is C17H22ClN3O. The molecule has 0 N–H and O–H groups in total. The third-order valence-corrected chi connectivity index (χ3v) is 3.87. The molecule has 4 nitrogen and oxygen atoms in total. The Balaban J connectivity index is 2.28. The molecule has 2 aromatic rings. The Kier molecular flexibility index (Phi) is 6.01. The summed E-state index contributed by atoms with van der Waals surface area (Å²) in [4.78, 5) is 10.8. The molecule has 1 aromatic heterocycles. The number of ether oxygens (including phenoxy) is 1. The van der Waals surface area contributed by atoms with Gasteiger partial charge in [0, 0.05) is 25.1 Å². The highest BCUT2D eigenvalue weighted by atomic mass is 35.5. The van der Waals surface area contributed by atoms with Crippen molar-refractivity contribution < 1.29 is 4.74 Å². The fraction of sp³-hybridized carbons (Fsp3) is 0.412. The molecule has 1 aromatic carbocycles. The molecule has 0 saturated heterocycles. The highest BCUT2D eigenvalue weighted by Gasteiger charge is 2.15. The second-order valence-electron chi connectivity index (χ2n) is 4.89. The summed E-state index contributed by atoms with van der Waals surface area (Å²) >= 11 is 6.32. The van der Waals surface area contributed by atoms with Crippen molar-refractivity contribution in [3.8, 4) is 5.75 Å². The molecule has 0 aliphatic heterocycles. The van der Waals surface area contributed by atoms with Gasteiger partial charge in [0.1, 0.15) is 23.0 Å². The summed E-state index contributed by atoms with van der Waals surface area (Å²) in [6.07, 6.45) is 2.23. The molecule has 0 aliphatic rings. The highest BCUT2D eigenvalue weighted by molar-refractivity contribution is 6.30. The van der Waals surface area contributed by atoms with Crippen molar-refractivity contribution in [2.45, 2.75) is 27.2 Å². The molecule has 5 heteroatoms. The van der Waals surface area contributed by atoms with Crippen LogP contribution in [0.15, 0.2) is 30.6 Å². The van der Waals surface area contributed by atoms with Crippen LogP contribution >= 0.6 is 11.6 Å². The van der Waals surface area contributed by atoms with Crippen molar-refractivity contribution in [1.29, 1.82) is 0 Å². The molecule has 0 atom stereocenters. The van der Waals surface area contributed by atoms with E-state index in [9.17, 15) is 0 Å². The predicted octanol–water partition coefficient (Wildman–Crippen LogP) is 3.97. The van der Waals surface area contributed by atoms with Crippen molar-refractivity contribution in [3.63, 3.8) is 0 Å². The number of hydrogen-bond donors (Lipinski definition) is 0. The van der Waals surface area contributed by atoms with Crippen molar-refractivity contribution in [2.24, 2.45) is 0 Å². The summed E-state index contributed by atoms with van der Waals surface area (Å²) in [5.41, 5.74) is 2.13. The molecule has 0 radical (unpaired) electrons. The fourth-order valence-corrected chi connectivity index (χ4v) is 2.60. The van der Waals surface area contributed by atoms with E-state index in [0.717, 1.165) is 35.8 Å². The van der Waals surface area contributed by atoms with Crippen molar-refractivity contribution >= 4 is 17.4 Å². The van der Waals surface area contributed by atoms with Gasteiger partial charge in [0.15, 0.2) is 0 Å². The second-order valence-corrected chi connectivity index (χ2v) is 5.25. The van der Waals surface area contributed by atoms with Gasteiger partial charge in [-0.3, -0.25) is 0 Å². The van der Waals surface area contributed by atoms with Gasteiger partial charge in [-0.25, -0.2) is 9.97 Å². The van der Waals surface area contributed by atoms with Gasteiger partial charge < -0.3 is 9.64 Å². The lowest BCUT2D eigenvalue weighted by Gasteiger charge is -2.23. The molecule has 0 amide bonds. The van der Waals surface area contributed by atoms with Gasteiger partial charge in [-0.2, -0.15) is 0 Å². The van der Waals surface area contributed by atoms with Crippen LogP contribution in [0.3, 0.4) is 0 Å². The van der Waals surface area contributed by atoms with Crippen molar-refractivity contribution in [2.75, 3.05) is 24.6 Å². The average Bonchev–Trinajstić information content (AvgIpc) is 2.53. The van der Waals surface area contributed by atoms with E-state index >= 15 is 0 Å². The molecule has 22 heavy (non-hydrogen) atoms. The number of nitrogens with zero attached hydrogens (tertiary/aromatic N) is 3. The lowest BCUT2D eigenvalue weighted by Crippen LogP contribution is -2.24. The molecule has 0 aliphatic carbocycles. The number of anilines is 1. The lowest BCUT2D eigenvalue weighted by atomic mass is 10.1. The third kappa shape index (κ3) is 3.89. The van der Waals surface area contributed by atoms with Crippen LogP contribution in [0.25, 0.3) is 0 Å². The first-order valence-electron chi connectivity index (χ1n) is 7.65. The minimum atomic E-state index is 0.519. The van der Waals surface area contributed by atoms with Crippen molar-refractivity contribution in [1.82, 2.24) is 9.97 Å².